The van der Waals surface area contributed by atoms with Gasteiger partial charge in [-0.25, -0.2) is 4.57 Å². The minimum absolute atomic E-state index is 0.00497. The molecule has 162 valence electrons. The molecule has 0 fully saturated rings. The number of phenolic OH excluding ortho intramolecular Hbond substituents is 2. The van der Waals surface area contributed by atoms with Crippen molar-refractivity contribution < 1.29 is 28.3 Å². The van der Waals surface area contributed by atoms with E-state index in [-0.39, 0.29) is 29.6 Å². The maximum Gasteiger partial charge on any atom is 0.587 e. The van der Waals surface area contributed by atoms with Crippen molar-refractivity contribution in [1.29, 1.82) is 0 Å². The number of hydrogen-bond acceptors (Lipinski definition) is 6. The third-order valence-corrected chi connectivity index (χ3v) is 5.67. The van der Waals surface area contributed by atoms with Crippen LogP contribution in [0, 0.1) is 0 Å². The van der Waals surface area contributed by atoms with Crippen molar-refractivity contribution in [2.45, 2.75) is 39.0 Å². The van der Waals surface area contributed by atoms with Crippen molar-refractivity contribution in [1.82, 2.24) is 0 Å². The van der Waals surface area contributed by atoms with Gasteiger partial charge in [-0.1, -0.05) is 44.1 Å². The molecule has 0 spiro atoms. The molecule has 0 aromatic heterocycles. The molecule has 0 atom stereocenters. The van der Waals surface area contributed by atoms with Crippen molar-refractivity contribution >= 4 is 7.82 Å². The Labute approximate surface area is 178 Å². The lowest BCUT2D eigenvalue weighted by Gasteiger charge is -2.22. The van der Waals surface area contributed by atoms with Crippen LogP contribution in [-0.2, 0) is 21.9 Å². The number of allylic oxidation sites excluding steroid dienone is 2. The zero-order valence-corrected chi connectivity index (χ0v) is 18.1. The first-order valence-corrected chi connectivity index (χ1v) is 11.4. The van der Waals surface area contributed by atoms with E-state index in [0.717, 1.165) is 12.8 Å². The summed E-state index contributed by atoms with van der Waals surface area (Å²) in [5.41, 5.74) is 0.853. The van der Waals surface area contributed by atoms with E-state index in [1.807, 2.05) is 0 Å². The van der Waals surface area contributed by atoms with Crippen LogP contribution in [0.1, 0.15) is 37.3 Å². The fraction of sp³-hybridized carbons (Fsp3) is 0.304. The molecular formula is C23H29O6P. The highest BCUT2D eigenvalue weighted by atomic mass is 31.2. The molecule has 0 saturated carbocycles. The predicted octanol–water partition coefficient (Wildman–Crippen LogP) is 6.33. The van der Waals surface area contributed by atoms with Crippen LogP contribution in [0.25, 0.3) is 0 Å². The maximum absolute atomic E-state index is 13.6. The molecule has 0 aliphatic rings. The van der Waals surface area contributed by atoms with Gasteiger partial charge in [0.05, 0.1) is 6.61 Å². The van der Waals surface area contributed by atoms with Gasteiger partial charge in [0, 0.05) is 11.1 Å². The molecule has 2 N–H and O–H groups in total. The molecule has 2 aromatic rings. The molecule has 0 heterocycles. The number of aromatic hydroxyl groups is 2. The average molecular weight is 432 g/mol. The fourth-order valence-electron chi connectivity index (χ4n) is 2.82. The van der Waals surface area contributed by atoms with E-state index in [9.17, 15) is 14.8 Å². The lowest BCUT2D eigenvalue weighted by molar-refractivity contribution is 0.204. The Morgan fingerprint density at radius 2 is 1.40 bits per heavy atom. The van der Waals surface area contributed by atoms with Gasteiger partial charge in [-0.15, -0.1) is 13.2 Å². The molecular weight excluding hydrogens is 403 g/mol. The number of benzene rings is 2. The molecule has 2 aromatic carbocycles. The van der Waals surface area contributed by atoms with Crippen molar-refractivity contribution in [3.05, 3.63) is 72.8 Å². The summed E-state index contributed by atoms with van der Waals surface area (Å²) < 4.78 is 30.6. The highest BCUT2D eigenvalue weighted by Gasteiger charge is 2.33. The van der Waals surface area contributed by atoms with Crippen LogP contribution in [0.3, 0.4) is 0 Å². The number of rotatable bonds is 13. The first kappa shape index (κ1) is 23.6. The lowest BCUT2D eigenvalue weighted by atomic mass is 10.1. The zero-order chi connectivity index (χ0) is 22.0. The molecule has 6 nitrogen and oxygen atoms in total. The molecule has 0 bridgehead atoms. The maximum atomic E-state index is 13.6. The van der Waals surface area contributed by atoms with Gasteiger partial charge in [0.2, 0.25) is 0 Å². The van der Waals surface area contributed by atoms with E-state index in [4.69, 9.17) is 13.6 Å². The normalized spacial score (nSPS) is 11.1. The molecule has 0 unspecified atom stereocenters. The molecule has 0 radical (unpaired) electrons. The van der Waals surface area contributed by atoms with Crippen LogP contribution < -0.4 is 9.05 Å². The Kier molecular flexibility index (Phi) is 9.03. The summed E-state index contributed by atoms with van der Waals surface area (Å²) in [5.74, 6) is 0.350. The van der Waals surface area contributed by atoms with Crippen LogP contribution in [0.15, 0.2) is 61.7 Å². The Hall–Kier alpha value is -2.69. The predicted molar refractivity (Wildman–Crippen MR) is 118 cm³/mol. The molecule has 0 saturated heterocycles. The van der Waals surface area contributed by atoms with E-state index < -0.39 is 7.82 Å². The van der Waals surface area contributed by atoms with E-state index in [0.29, 0.717) is 30.4 Å². The van der Waals surface area contributed by atoms with Crippen LogP contribution in [0.2, 0.25) is 0 Å². The van der Waals surface area contributed by atoms with Crippen LogP contribution in [0.4, 0.5) is 0 Å². The Balaban J connectivity index is 2.39. The van der Waals surface area contributed by atoms with Crippen molar-refractivity contribution in [3.8, 4) is 23.0 Å². The number of phenols is 2. The molecule has 30 heavy (non-hydrogen) atoms. The summed E-state index contributed by atoms with van der Waals surface area (Å²) in [5, 5.41) is 20.3. The van der Waals surface area contributed by atoms with Gasteiger partial charge < -0.3 is 19.3 Å². The van der Waals surface area contributed by atoms with Crippen molar-refractivity contribution in [2.24, 2.45) is 0 Å². The standard InChI is InChI=1S/C23H29O6P/c1-4-7-8-17-27-30(26,28-22-15-9-13-20(24)18(22)11-5-2)29-23-16-10-14-21(25)19(23)12-6-3/h5-6,9-10,13-16,24-25H,2-4,7-8,11-12,17H2,1H3. The summed E-state index contributed by atoms with van der Waals surface area (Å²) in [6.45, 7) is 9.59. The summed E-state index contributed by atoms with van der Waals surface area (Å²) in [7, 11) is -4.14. The van der Waals surface area contributed by atoms with Gasteiger partial charge in [0.15, 0.2) is 0 Å². The minimum Gasteiger partial charge on any atom is -0.508 e. The van der Waals surface area contributed by atoms with E-state index >= 15 is 0 Å². The van der Waals surface area contributed by atoms with Gasteiger partial charge in [0.1, 0.15) is 23.0 Å². The van der Waals surface area contributed by atoms with Gasteiger partial charge >= 0.3 is 7.82 Å². The monoisotopic (exact) mass is 432 g/mol. The Morgan fingerprint density at radius 1 is 0.900 bits per heavy atom. The number of phosphoric acid groups is 1. The van der Waals surface area contributed by atoms with Crippen molar-refractivity contribution in [3.63, 3.8) is 0 Å². The lowest BCUT2D eigenvalue weighted by Crippen LogP contribution is -2.08. The second-order valence-electron chi connectivity index (χ2n) is 6.66. The second-order valence-corrected chi connectivity index (χ2v) is 8.18. The van der Waals surface area contributed by atoms with Gasteiger partial charge in [-0.05, 0) is 43.5 Å². The highest BCUT2D eigenvalue weighted by molar-refractivity contribution is 7.49. The molecule has 7 heteroatoms. The topological polar surface area (TPSA) is 85.2 Å². The van der Waals surface area contributed by atoms with E-state index in [1.165, 1.54) is 12.1 Å². The van der Waals surface area contributed by atoms with E-state index in [1.54, 1.807) is 36.4 Å². The average Bonchev–Trinajstić information content (AvgIpc) is 2.71. The quantitative estimate of drug-likeness (QED) is 0.219. The Bertz CT molecular complexity index is 843. The molecule has 0 aliphatic carbocycles. The largest absolute Gasteiger partial charge is 0.587 e. The second kappa shape index (κ2) is 11.5. The smallest absolute Gasteiger partial charge is 0.508 e. The zero-order valence-electron chi connectivity index (χ0n) is 17.3. The summed E-state index contributed by atoms with van der Waals surface area (Å²) in [6.07, 6.45) is 6.40. The summed E-state index contributed by atoms with van der Waals surface area (Å²) in [4.78, 5) is 0. The van der Waals surface area contributed by atoms with E-state index in [2.05, 4.69) is 20.1 Å². The number of phosphoric ester groups is 1. The first-order valence-electron chi connectivity index (χ1n) is 9.91. The minimum atomic E-state index is -4.14. The third-order valence-electron chi connectivity index (χ3n) is 4.33. The molecule has 0 amide bonds. The van der Waals surface area contributed by atoms with Crippen LogP contribution >= 0.6 is 7.82 Å². The molecule has 2 rings (SSSR count). The van der Waals surface area contributed by atoms with Crippen molar-refractivity contribution in [2.75, 3.05) is 6.61 Å². The highest BCUT2D eigenvalue weighted by Crippen LogP contribution is 2.52. The third kappa shape index (κ3) is 6.41. The van der Waals surface area contributed by atoms with Crippen LogP contribution in [0.5, 0.6) is 23.0 Å². The number of hydrogen-bond donors (Lipinski definition) is 2. The van der Waals surface area contributed by atoms with Gasteiger partial charge in [-0.3, -0.25) is 4.52 Å². The first-order chi connectivity index (χ1) is 14.4. The van der Waals surface area contributed by atoms with Crippen LogP contribution in [-0.4, -0.2) is 16.8 Å². The summed E-state index contributed by atoms with van der Waals surface area (Å²) >= 11 is 0. The fourth-order valence-corrected chi connectivity index (χ4v) is 4.14. The van der Waals surface area contributed by atoms with Gasteiger partial charge in [-0.2, -0.15) is 0 Å². The Morgan fingerprint density at radius 3 is 1.83 bits per heavy atom. The molecule has 0 aliphatic heterocycles. The van der Waals surface area contributed by atoms with Gasteiger partial charge in [0.25, 0.3) is 0 Å². The number of unbranched alkanes of at least 4 members (excludes halogenated alkanes) is 2. The summed E-state index contributed by atoms with van der Waals surface area (Å²) in [6, 6.07) is 9.34. The SMILES string of the molecule is C=CCc1c(O)cccc1OP(=O)(OCCCCC)Oc1cccc(O)c1CC=C.